The van der Waals surface area contributed by atoms with Gasteiger partial charge in [-0.15, -0.1) is 0 Å². The maximum absolute atomic E-state index is 6.28. The summed E-state index contributed by atoms with van der Waals surface area (Å²) in [6.07, 6.45) is 3.53. The summed E-state index contributed by atoms with van der Waals surface area (Å²) in [7, 11) is 0. The van der Waals surface area contributed by atoms with Crippen LogP contribution in [-0.2, 0) is 13.0 Å². The highest BCUT2D eigenvalue weighted by atomic mass is 79.9. The van der Waals surface area contributed by atoms with Crippen molar-refractivity contribution in [3.05, 3.63) is 47.0 Å². The van der Waals surface area contributed by atoms with E-state index in [4.69, 9.17) is 11.6 Å². The minimum Gasteiger partial charge on any atom is -0.250 e. The third-order valence-electron chi connectivity index (χ3n) is 3.09. The van der Waals surface area contributed by atoms with Crippen LogP contribution in [0.1, 0.15) is 30.7 Å². The summed E-state index contributed by atoms with van der Waals surface area (Å²) in [5.74, 6) is 1.33. The molecule has 0 aliphatic rings. The Bertz CT molecular complexity index is 527. The molecule has 102 valence electrons. The van der Waals surface area contributed by atoms with E-state index in [-0.39, 0.29) is 0 Å². The van der Waals surface area contributed by atoms with Crippen molar-refractivity contribution < 1.29 is 0 Å². The van der Waals surface area contributed by atoms with Crippen molar-refractivity contribution in [2.24, 2.45) is 0 Å². The first-order valence-electron chi connectivity index (χ1n) is 6.43. The lowest BCUT2D eigenvalue weighted by Gasteiger charge is -2.16. The summed E-state index contributed by atoms with van der Waals surface area (Å²) in [5, 5.41) is 5.94. The molecule has 0 N–H and O–H groups in total. The van der Waals surface area contributed by atoms with Gasteiger partial charge in [-0.3, -0.25) is 4.68 Å². The number of benzene rings is 1. The first kappa shape index (κ1) is 14.5. The molecule has 5 heteroatoms. The number of alkyl halides is 1. The Morgan fingerprint density at radius 1 is 1.37 bits per heavy atom. The Morgan fingerprint density at radius 2 is 2.16 bits per heavy atom. The second-order valence-corrected chi connectivity index (χ2v) is 5.53. The number of aromatic nitrogens is 3. The van der Waals surface area contributed by atoms with Gasteiger partial charge in [0.05, 0.1) is 0 Å². The van der Waals surface area contributed by atoms with Gasteiger partial charge < -0.3 is 0 Å². The number of nitrogens with zero attached hydrogens (tertiary/aromatic N) is 3. The fourth-order valence-electron chi connectivity index (χ4n) is 2.12. The third kappa shape index (κ3) is 3.57. The number of aryl methyl sites for hydroxylation is 1. The van der Waals surface area contributed by atoms with E-state index in [0.29, 0.717) is 5.92 Å². The second kappa shape index (κ2) is 7.06. The zero-order chi connectivity index (χ0) is 13.7. The Kier molecular flexibility index (Phi) is 5.40. The van der Waals surface area contributed by atoms with E-state index in [0.717, 1.165) is 41.1 Å². The molecule has 0 aliphatic heterocycles. The highest BCUT2D eigenvalue weighted by Crippen LogP contribution is 2.28. The van der Waals surface area contributed by atoms with Crippen molar-refractivity contribution in [1.82, 2.24) is 14.8 Å². The molecular formula is C14H17BrClN3. The summed E-state index contributed by atoms with van der Waals surface area (Å²) < 4.78 is 1.98. The zero-order valence-electron chi connectivity index (χ0n) is 10.9. The molecular weight excluding hydrogens is 326 g/mol. The van der Waals surface area contributed by atoms with Crippen molar-refractivity contribution in [2.45, 2.75) is 32.2 Å². The van der Waals surface area contributed by atoms with E-state index in [9.17, 15) is 0 Å². The summed E-state index contributed by atoms with van der Waals surface area (Å²) in [5.41, 5.74) is 1.16. The Hall–Kier alpha value is -0.870. The van der Waals surface area contributed by atoms with Crippen LogP contribution in [-0.4, -0.2) is 20.1 Å². The number of hydrogen-bond donors (Lipinski definition) is 0. The SMILES string of the molecule is CCCn1ncnc1CC(CBr)c1ccccc1Cl. The quantitative estimate of drug-likeness (QED) is 0.741. The molecule has 3 nitrogen and oxygen atoms in total. The molecule has 1 heterocycles. The van der Waals surface area contributed by atoms with Crippen LogP contribution < -0.4 is 0 Å². The molecule has 0 amide bonds. The van der Waals surface area contributed by atoms with Crippen LogP contribution in [0.15, 0.2) is 30.6 Å². The fraction of sp³-hybridized carbons (Fsp3) is 0.429. The summed E-state index contributed by atoms with van der Waals surface area (Å²) >= 11 is 9.86. The third-order valence-corrected chi connectivity index (χ3v) is 4.22. The van der Waals surface area contributed by atoms with Crippen molar-refractivity contribution >= 4 is 27.5 Å². The van der Waals surface area contributed by atoms with Gasteiger partial charge >= 0.3 is 0 Å². The molecule has 19 heavy (non-hydrogen) atoms. The molecule has 1 aromatic carbocycles. The smallest absolute Gasteiger partial charge is 0.138 e. The maximum atomic E-state index is 6.28. The molecule has 0 spiro atoms. The fourth-order valence-corrected chi connectivity index (χ4v) is 2.99. The average Bonchev–Trinajstić information content (AvgIpc) is 2.85. The van der Waals surface area contributed by atoms with E-state index in [1.54, 1.807) is 6.33 Å². The Balaban J connectivity index is 2.19. The van der Waals surface area contributed by atoms with Crippen LogP contribution >= 0.6 is 27.5 Å². The van der Waals surface area contributed by atoms with E-state index in [1.165, 1.54) is 0 Å². The maximum Gasteiger partial charge on any atom is 0.138 e. The first-order chi connectivity index (χ1) is 9.26. The van der Waals surface area contributed by atoms with E-state index < -0.39 is 0 Å². The molecule has 2 rings (SSSR count). The monoisotopic (exact) mass is 341 g/mol. The van der Waals surface area contributed by atoms with E-state index in [2.05, 4.69) is 39.0 Å². The summed E-state index contributed by atoms with van der Waals surface area (Å²) in [4.78, 5) is 4.37. The lowest BCUT2D eigenvalue weighted by molar-refractivity contribution is 0.554. The molecule has 0 fully saturated rings. The van der Waals surface area contributed by atoms with Gasteiger partial charge in [0.15, 0.2) is 0 Å². The predicted octanol–water partition coefficient (Wildman–Crippen LogP) is 4.06. The topological polar surface area (TPSA) is 30.7 Å². The lowest BCUT2D eigenvalue weighted by Crippen LogP contribution is -2.12. The van der Waals surface area contributed by atoms with Crippen molar-refractivity contribution in [3.63, 3.8) is 0 Å². The molecule has 0 saturated heterocycles. The number of rotatable bonds is 6. The second-order valence-electron chi connectivity index (χ2n) is 4.48. The number of halogens is 2. The van der Waals surface area contributed by atoms with Gasteiger partial charge in [0.25, 0.3) is 0 Å². The van der Waals surface area contributed by atoms with Gasteiger partial charge in [0.1, 0.15) is 12.2 Å². The largest absolute Gasteiger partial charge is 0.250 e. The average molecular weight is 343 g/mol. The molecule has 1 unspecified atom stereocenters. The molecule has 0 radical (unpaired) electrons. The van der Waals surface area contributed by atoms with Gasteiger partial charge in [-0.05, 0) is 18.1 Å². The van der Waals surface area contributed by atoms with Crippen molar-refractivity contribution in [3.8, 4) is 0 Å². The lowest BCUT2D eigenvalue weighted by atomic mass is 9.97. The molecule has 1 aromatic heterocycles. The van der Waals surface area contributed by atoms with Gasteiger partial charge in [0.2, 0.25) is 0 Å². The van der Waals surface area contributed by atoms with E-state index in [1.807, 2.05) is 22.9 Å². The molecule has 1 atom stereocenters. The first-order valence-corrected chi connectivity index (χ1v) is 7.93. The molecule has 0 bridgehead atoms. The van der Waals surface area contributed by atoms with Crippen LogP contribution in [0.25, 0.3) is 0 Å². The van der Waals surface area contributed by atoms with Crippen LogP contribution in [0, 0.1) is 0 Å². The zero-order valence-corrected chi connectivity index (χ0v) is 13.2. The van der Waals surface area contributed by atoms with Gasteiger partial charge in [0, 0.05) is 29.2 Å². The molecule has 0 saturated carbocycles. The van der Waals surface area contributed by atoms with E-state index >= 15 is 0 Å². The highest BCUT2D eigenvalue weighted by molar-refractivity contribution is 9.09. The van der Waals surface area contributed by atoms with Crippen LogP contribution in [0.3, 0.4) is 0 Å². The van der Waals surface area contributed by atoms with Crippen LogP contribution in [0.2, 0.25) is 5.02 Å². The van der Waals surface area contributed by atoms with Gasteiger partial charge in [-0.25, -0.2) is 4.98 Å². The van der Waals surface area contributed by atoms with Gasteiger partial charge in [-0.2, -0.15) is 5.10 Å². The Morgan fingerprint density at radius 3 is 2.84 bits per heavy atom. The summed E-state index contributed by atoms with van der Waals surface area (Å²) in [6.45, 7) is 3.05. The van der Waals surface area contributed by atoms with Crippen molar-refractivity contribution in [2.75, 3.05) is 5.33 Å². The number of hydrogen-bond acceptors (Lipinski definition) is 2. The Labute approximate surface area is 127 Å². The normalized spacial score (nSPS) is 12.6. The van der Waals surface area contributed by atoms with Crippen LogP contribution in [0.4, 0.5) is 0 Å². The summed E-state index contributed by atoms with van der Waals surface area (Å²) in [6, 6.07) is 7.99. The minimum absolute atomic E-state index is 0.313. The van der Waals surface area contributed by atoms with Crippen molar-refractivity contribution in [1.29, 1.82) is 0 Å². The van der Waals surface area contributed by atoms with Crippen LogP contribution in [0.5, 0.6) is 0 Å². The molecule has 0 aliphatic carbocycles. The standard InChI is InChI=1S/C14H17BrClN3/c1-2-7-19-14(17-10-18-19)8-11(9-15)12-5-3-4-6-13(12)16/h3-6,10-11H,2,7-9H2,1H3. The highest BCUT2D eigenvalue weighted by Gasteiger charge is 2.17. The predicted molar refractivity (Wildman–Crippen MR) is 82.0 cm³/mol. The molecule has 2 aromatic rings. The van der Waals surface area contributed by atoms with Gasteiger partial charge in [-0.1, -0.05) is 52.7 Å². The minimum atomic E-state index is 0.313.